The molecule has 2 N–H and O–H groups in total. The second-order valence-corrected chi connectivity index (χ2v) is 4.20. The normalized spacial score (nSPS) is 14.0. The molecule has 0 saturated heterocycles. The van der Waals surface area contributed by atoms with Crippen molar-refractivity contribution in [2.24, 2.45) is 4.99 Å². The van der Waals surface area contributed by atoms with Crippen molar-refractivity contribution in [1.29, 1.82) is 0 Å². The summed E-state index contributed by atoms with van der Waals surface area (Å²) in [5.74, 6) is 0.905. The first-order chi connectivity index (χ1) is 6.24. The van der Waals surface area contributed by atoms with Crippen LogP contribution < -0.4 is 10.6 Å². The van der Waals surface area contributed by atoms with Crippen molar-refractivity contribution >= 4 is 17.7 Å². The fourth-order valence-corrected chi connectivity index (χ4v) is 1.04. The Bertz CT molecular complexity index is 148. The van der Waals surface area contributed by atoms with Crippen molar-refractivity contribution < 1.29 is 0 Å². The summed E-state index contributed by atoms with van der Waals surface area (Å²) in [5, 5.41) is 7.13. The number of nitrogens with one attached hydrogen (secondary N) is 2. The molecule has 1 unspecified atom stereocenters. The van der Waals surface area contributed by atoms with E-state index in [0.29, 0.717) is 5.25 Å². The summed E-state index contributed by atoms with van der Waals surface area (Å²) in [6.07, 6.45) is 3.24. The highest BCUT2D eigenvalue weighted by molar-refractivity contribution is 7.99. The first-order valence-corrected chi connectivity index (χ1v) is 6.00. The van der Waals surface area contributed by atoms with Gasteiger partial charge in [-0.3, -0.25) is 4.99 Å². The van der Waals surface area contributed by atoms with E-state index in [4.69, 9.17) is 0 Å². The third kappa shape index (κ3) is 6.75. The van der Waals surface area contributed by atoms with Crippen molar-refractivity contribution in [3.63, 3.8) is 0 Å². The van der Waals surface area contributed by atoms with Gasteiger partial charge in [-0.05, 0) is 12.7 Å². The lowest BCUT2D eigenvalue weighted by Crippen LogP contribution is -2.40. The highest BCUT2D eigenvalue weighted by Crippen LogP contribution is 2.01. The number of hydrogen-bond donors (Lipinski definition) is 2. The molecule has 3 nitrogen and oxygen atoms in total. The lowest BCUT2D eigenvalue weighted by atomic mass is 10.4. The molecule has 0 amide bonds. The van der Waals surface area contributed by atoms with E-state index in [9.17, 15) is 0 Å². The molecule has 0 aromatic heterocycles. The van der Waals surface area contributed by atoms with Gasteiger partial charge in [0.05, 0.1) is 0 Å². The predicted octanol–water partition coefficient (Wildman–Crippen LogP) is 1.31. The molecule has 0 saturated carbocycles. The van der Waals surface area contributed by atoms with E-state index in [2.05, 4.69) is 35.7 Å². The third-order valence-electron chi connectivity index (χ3n) is 1.73. The topological polar surface area (TPSA) is 36.4 Å². The Morgan fingerprint density at radius 2 is 2.15 bits per heavy atom. The van der Waals surface area contributed by atoms with Gasteiger partial charge >= 0.3 is 0 Å². The fraction of sp³-hybridized carbons (Fsp3) is 0.889. The van der Waals surface area contributed by atoms with Crippen LogP contribution in [0.15, 0.2) is 4.99 Å². The standard InChI is InChI=1S/C9H21N3S/c1-5-6-11-9(10-3)12-7-8(2)13-4/h8H,5-7H2,1-4H3,(H2,10,11,12). The Balaban J connectivity index is 3.60. The van der Waals surface area contributed by atoms with E-state index >= 15 is 0 Å². The molecule has 1 atom stereocenters. The van der Waals surface area contributed by atoms with Crippen LogP contribution >= 0.6 is 11.8 Å². The van der Waals surface area contributed by atoms with Crippen LogP contribution in [0.2, 0.25) is 0 Å². The molecule has 0 aliphatic heterocycles. The Morgan fingerprint density at radius 1 is 1.46 bits per heavy atom. The van der Waals surface area contributed by atoms with Gasteiger partial charge in [0.25, 0.3) is 0 Å². The fourth-order valence-electron chi connectivity index (χ4n) is 0.788. The summed E-state index contributed by atoms with van der Waals surface area (Å²) >= 11 is 1.86. The van der Waals surface area contributed by atoms with Gasteiger partial charge in [0.1, 0.15) is 0 Å². The van der Waals surface area contributed by atoms with Crippen LogP contribution in [0.4, 0.5) is 0 Å². The van der Waals surface area contributed by atoms with Gasteiger partial charge in [0, 0.05) is 25.4 Å². The average Bonchev–Trinajstić information content (AvgIpc) is 2.17. The highest BCUT2D eigenvalue weighted by Gasteiger charge is 2.00. The van der Waals surface area contributed by atoms with Gasteiger partial charge in [-0.2, -0.15) is 11.8 Å². The molecule has 78 valence electrons. The van der Waals surface area contributed by atoms with Gasteiger partial charge < -0.3 is 10.6 Å². The Kier molecular flexibility index (Phi) is 7.99. The second-order valence-electron chi connectivity index (χ2n) is 2.93. The van der Waals surface area contributed by atoms with Crippen LogP contribution in [0.3, 0.4) is 0 Å². The number of thioether (sulfide) groups is 1. The highest BCUT2D eigenvalue weighted by atomic mass is 32.2. The van der Waals surface area contributed by atoms with Crippen molar-refractivity contribution in [3.8, 4) is 0 Å². The molecule has 0 aliphatic rings. The molecule has 0 heterocycles. The summed E-state index contributed by atoms with van der Waals surface area (Å²) in [6, 6.07) is 0. The van der Waals surface area contributed by atoms with Crippen LogP contribution in [-0.4, -0.2) is 37.6 Å². The van der Waals surface area contributed by atoms with Crippen molar-refractivity contribution in [1.82, 2.24) is 10.6 Å². The molecule has 13 heavy (non-hydrogen) atoms. The van der Waals surface area contributed by atoms with Crippen molar-refractivity contribution in [2.45, 2.75) is 25.5 Å². The summed E-state index contributed by atoms with van der Waals surface area (Å²) in [4.78, 5) is 4.12. The largest absolute Gasteiger partial charge is 0.356 e. The van der Waals surface area contributed by atoms with Crippen LogP contribution in [0.5, 0.6) is 0 Å². The molecule has 0 radical (unpaired) electrons. The van der Waals surface area contributed by atoms with E-state index in [1.165, 1.54) is 0 Å². The monoisotopic (exact) mass is 203 g/mol. The number of rotatable bonds is 5. The molecule has 0 rings (SSSR count). The van der Waals surface area contributed by atoms with Gasteiger partial charge in [-0.15, -0.1) is 0 Å². The smallest absolute Gasteiger partial charge is 0.191 e. The van der Waals surface area contributed by atoms with Gasteiger partial charge in [0.2, 0.25) is 0 Å². The number of guanidine groups is 1. The molecule has 0 bridgehead atoms. The first-order valence-electron chi connectivity index (χ1n) is 4.71. The molecule has 0 spiro atoms. The zero-order valence-corrected chi connectivity index (χ0v) is 9.87. The molecular formula is C9H21N3S. The molecule has 4 heteroatoms. The maximum atomic E-state index is 4.12. The zero-order valence-electron chi connectivity index (χ0n) is 9.05. The molecule has 0 aliphatic carbocycles. The maximum Gasteiger partial charge on any atom is 0.191 e. The first kappa shape index (κ1) is 12.6. The van der Waals surface area contributed by atoms with Crippen molar-refractivity contribution in [2.75, 3.05) is 26.4 Å². The maximum absolute atomic E-state index is 4.12. The minimum absolute atomic E-state index is 0.625. The SMILES string of the molecule is CCCNC(=NC)NCC(C)SC. The summed E-state index contributed by atoms with van der Waals surface area (Å²) in [7, 11) is 1.80. The number of hydrogen-bond acceptors (Lipinski definition) is 2. The summed E-state index contributed by atoms with van der Waals surface area (Å²) < 4.78 is 0. The van der Waals surface area contributed by atoms with Gasteiger partial charge in [0.15, 0.2) is 5.96 Å². The quantitative estimate of drug-likeness (QED) is 0.522. The second kappa shape index (κ2) is 8.23. The van der Waals surface area contributed by atoms with Gasteiger partial charge in [-0.1, -0.05) is 13.8 Å². The molecular weight excluding hydrogens is 182 g/mol. The number of nitrogens with zero attached hydrogens (tertiary/aromatic N) is 1. The van der Waals surface area contributed by atoms with Crippen LogP contribution in [0.1, 0.15) is 20.3 Å². The van der Waals surface area contributed by atoms with E-state index < -0.39 is 0 Å². The Hall–Kier alpha value is -0.380. The lowest BCUT2D eigenvalue weighted by Gasteiger charge is -2.13. The molecule has 0 aromatic carbocycles. The Labute approximate surface area is 85.8 Å². The van der Waals surface area contributed by atoms with Crippen LogP contribution in [-0.2, 0) is 0 Å². The summed E-state index contributed by atoms with van der Waals surface area (Å²) in [6.45, 7) is 6.29. The lowest BCUT2D eigenvalue weighted by molar-refractivity contribution is 0.771. The minimum atomic E-state index is 0.625. The van der Waals surface area contributed by atoms with Gasteiger partial charge in [-0.25, -0.2) is 0 Å². The Morgan fingerprint density at radius 3 is 2.62 bits per heavy atom. The zero-order chi connectivity index (χ0) is 10.1. The molecule has 0 fully saturated rings. The van der Waals surface area contributed by atoms with E-state index in [-0.39, 0.29) is 0 Å². The number of aliphatic imine (C=N–C) groups is 1. The third-order valence-corrected chi connectivity index (χ3v) is 2.70. The minimum Gasteiger partial charge on any atom is -0.356 e. The summed E-state index contributed by atoms with van der Waals surface area (Å²) in [5.41, 5.74) is 0. The van der Waals surface area contributed by atoms with E-state index in [1.807, 2.05) is 11.8 Å². The molecule has 0 aromatic rings. The average molecular weight is 203 g/mol. The van der Waals surface area contributed by atoms with Crippen LogP contribution in [0, 0.1) is 0 Å². The predicted molar refractivity (Wildman–Crippen MR) is 62.6 cm³/mol. The van der Waals surface area contributed by atoms with E-state index in [0.717, 1.165) is 25.5 Å². The van der Waals surface area contributed by atoms with Crippen LogP contribution in [0.25, 0.3) is 0 Å². The van der Waals surface area contributed by atoms with E-state index in [1.54, 1.807) is 7.05 Å². The van der Waals surface area contributed by atoms with Crippen molar-refractivity contribution in [3.05, 3.63) is 0 Å².